The molecule has 0 aromatic heterocycles. The number of carbonyl (C=O) groups excluding carboxylic acids is 1. The number of para-hydroxylation sites is 1. The van der Waals surface area contributed by atoms with Crippen LogP contribution in [-0.2, 0) is 4.74 Å². The maximum Gasteiger partial charge on any atom is 0.255 e. The Labute approximate surface area is 121 Å². The predicted octanol–water partition coefficient (Wildman–Crippen LogP) is 2.76. The van der Waals surface area contributed by atoms with Crippen LogP contribution in [-0.4, -0.2) is 43.2 Å². The molecule has 4 nitrogen and oxygen atoms in total. The molecule has 1 heterocycles. The minimum absolute atomic E-state index is 0.0289. The van der Waals surface area contributed by atoms with Crippen molar-refractivity contribution in [2.75, 3.05) is 19.4 Å². The molecule has 2 unspecified atom stereocenters. The summed E-state index contributed by atoms with van der Waals surface area (Å²) < 4.78 is 5.75. The van der Waals surface area contributed by atoms with Gasteiger partial charge in [0.2, 0.25) is 0 Å². The van der Waals surface area contributed by atoms with E-state index in [1.807, 2.05) is 24.3 Å². The van der Waals surface area contributed by atoms with E-state index >= 15 is 0 Å². The lowest BCUT2D eigenvalue weighted by atomic mass is 9.99. The lowest BCUT2D eigenvalue weighted by Gasteiger charge is -2.33. The zero-order valence-corrected chi connectivity index (χ0v) is 12.7. The molecule has 1 fully saturated rings. The van der Waals surface area contributed by atoms with Gasteiger partial charge >= 0.3 is 0 Å². The zero-order valence-electron chi connectivity index (χ0n) is 12.7. The van der Waals surface area contributed by atoms with E-state index in [0.717, 1.165) is 24.1 Å². The van der Waals surface area contributed by atoms with Crippen molar-refractivity contribution in [3.05, 3.63) is 29.8 Å². The number of nitrogens with zero attached hydrogens (tertiary/aromatic N) is 1. The van der Waals surface area contributed by atoms with E-state index in [2.05, 4.69) is 19.2 Å². The topological polar surface area (TPSA) is 41.6 Å². The van der Waals surface area contributed by atoms with Gasteiger partial charge in [-0.3, -0.25) is 4.79 Å². The average Bonchev–Trinajstić information content (AvgIpc) is 2.37. The van der Waals surface area contributed by atoms with Gasteiger partial charge < -0.3 is 15.0 Å². The fourth-order valence-corrected chi connectivity index (χ4v) is 2.78. The number of anilines is 1. The van der Waals surface area contributed by atoms with Gasteiger partial charge in [-0.2, -0.15) is 0 Å². The van der Waals surface area contributed by atoms with Crippen LogP contribution in [0.5, 0.6) is 0 Å². The Bertz CT molecular complexity index is 463. The summed E-state index contributed by atoms with van der Waals surface area (Å²) in [5, 5.41) is 3.52. The molecule has 110 valence electrons. The summed E-state index contributed by atoms with van der Waals surface area (Å²) in [6.07, 6.45) is 2.45. The Morgan fingerprint density at radius 3 is 2.40 bits per heavy atom. The Hall–Kier alpha value is -1.55. The summed E-state index contributed by atoms with van der Waals surface area (Å²) in [6.45, 7) is 4.20. The largest absolute Gasteiger partial charge is 0.381 e. The minimum atomic E-state index is 0.0289. The molecule has 4 heteroatoms. The molecule has 1 aliphatic heterocycles. The van der Waals surface area contributed by atoms with E-state index in [1.54, 1.807) is 19.0 Å². The van der Waals surface area contributed by atoms with Gasteiger partial charge in [-0.25, -0.2) is 0 Å². The number of benzene rings is 1. The Morgan fingerprint density at radius 1 is 1.20 bits per heavy atom. The molecule has 1 aromatic rings. The smallest absolute Gasteiger partial charge is 0.255 e. The molecule has 1 N–H and O–H groups in total. The third-order valence-corrected chi connectivity index (χ3v) is 3.62. The second-order valence-corrected chi connectivity index (χ2v) is 5.82. The monoisotopic (exact) mass is 276 g/mol. The predicted molar refractivity (Wildman–Crippen MR) is 81.1 cm³/mol. The van der Waals surface area contributed by atoms with E-state index in [-0.39, 0.29) is 18.1 Å². The molecule has 1 amide bonds. The molecule has 0 aliphatic carbocycles. The number of nitrogens with one attached hydrogen (secondary N) is 1. The summed E-state index contributed by atoms with van der Waals surface area (Å²) in [5.74, 6) is 0.0289. The number of ether oxygens (including phenoxy) is 1. The first kappa shape index (κ1) is 14.9. The molecule has 0 radical (unpaired) electrons. The summed E-state index contributed by atoms with van der Waals surface area (Å²) in [6, 6.07) is 8.06. The van der Waals surface area contributed by atoms with E-state index in [1.165, 1.54) is 0 Å². The first-order valence-electron chi connectivity index (χ1n) is 7.20. The van der Waals surface area contributed by atoms with Crippen LogP contribution in [0.4, 0.5) is 5.69 Å². The molecule has 2 rings (SSSR count). The van der Waals surface area contributed by atoms with Gasteiger partial charge in [-0.05, 0) is 38.8 Å². The highest BCUT2D eigenvalue weighted by Gasteiger charge is 2.25. The average molecular weight is 276 g/mol. The molecular weight excluding hydrogens is 252 g/mol. The van der Waals surface area contributed by atoms with Gasteiger partial charge in [0.05, 0.1) is 17.8 Å². The van der Waals surface area contributed by atoms with Crippen LogP contribution in [0.1, 0.15) is 37.0 Å². The molecule has 0 bridgehead atoms. The number of amides is 1. The van der Waals surface area contributed by atoms with Crippen molar-refractivity contribution < 1.29 is 9.53 Å². The molecule has 1 saturated heterocycles. The molecule has 20 heavy (non-hydrogen) atoms. The molecule has 1 aliphatic rings. The van der Waals surface area contributed by atoms with Crippen LogP contribution in [0.15, 0.2) is 24.3 Å². The van der Waals surface area contributed by atoms with Crippen LogP contribution in [0.2, 0.25) is 0 Å². The summed E-state index contributed by atoms with van der Waals surface area (Å²) in [7, 11) is 3.55. The molecule has 0 spiro atoms. The number of hydrogen-bond acceptors (Lipinski definition) is 3. The molecular formula is C16H24N2O2. The number of carbonyl (C=O) groups is 1. The zero-order chi connectivity index (χ0) is 14.7. The highest BCUT2D eigenvalue weighted by molar-refractivity contribution is 5.99. The SMILES string of the molecule is CC1CC(Nc2ccccc2C(=O)N(C)C)CC(C)O1. The fourth-order valence-electron chi connectivity index (χ4n) is 2.78. The van der Waals surface area contributed by atoms with Crippen molar-refractivity contribution in [1.82, 2.24) is 4.90 Å². The Morgan fingerprint density at radius 2 is 1.80 bits per heavy atom. The highest BCUT2D eigenvalue weighted by Crippen LogP contribution is 2.25. The van der Waals surface area contributed by atoms with E-state index < -0.39 is 0 Å². The van der Waals surface area contributed by atoms with Crippen molar-refractivity contribution in [3.63, 3.8) is 0 Å². The second kappa shape index (κ2) is 6.27. The van der Waals surface area contributed by atoms with Gasteiger partial charge in [-0.15, -0.1) is 0 Å². The van der Waals surface area contributed by atoms with Gasteiger partial charge in [0.25, 0.3) is 5.91 Å². The van der Waals surface area contributed by atoms with Gasteiger partial charge in [0.1, 0.15) is 0 Å². The van der Waals surface area contributed by atoms with Crippen molar-refractivity contribution >= 4 is 11.6 Å². The molecule has 1 aromatic carbocycles. The minimum Gasteiger partial charge on any atom is -0.381 e. The van der Waals surface area contributed by atoms with Crippen molar-refractivity contribution in [2.45, 2.75) is 44.9 Å². The Balaban J connectivity index is 2.15. The van der Waals surface area contributed by atoms with Crippen LogP contribution >= 0.6 is 0 Å². The van der Waals surface area contributed by atoms with E-state index in [4.69, 9.17) is 4.74 Å². The number of rotatable bonds is 3. The van der Waals surface area contributed by atoms with Crippen LogP contribution in [0.3, 0.4) is 0 Å². The van der Waals surface area contributed by atoms with Gasteiger partial charge in [0, 0.05) is 25.8 Å². The van der Waals surface area contributed by atoms with Crippen molar-refractivity contribution in [3.8, 4) is 0 Å². The van der Waals surface area contributed by atoms with Gasteiger partial charge in [0.15, 0.2) is 0 Å². The lowest BCUT2D eigenvalue weighted by molar-refractivity contribution is -0.0337. The summed E-state index contributed by atoms with van der Waals surface area (Å²) in [5.41, 5.74) is 1.64. The van der Waals surface area contributed by atoms with E-state index in [0.29, 0.717) is 6.04 Å². The van der Waals surface area contributed by atoms with Gasteiger partial charge in [-0.1, -0.05) is 12.1 Å². The van der Waals surface area contributed by atoms with Crippen LogP contribution in [0.25, 0.3) is 0 Å². The van der Waals surface area contributed by atoms with Crippen molar-refractivity contribution in [1.29, 1.82) is 0 Å². The Kier molecular flexibility index (Phi) is 4.65. The fraction of sp³-hybridized carbons (Fsp3) is 0.562. The quantitative estimate of drug-likeness (QED) is 0.923. The maximum atomic E-state index is 12.2. The highest BCUT2D eigenvalue weighted by atomic mass is 16.5. The summed E-state index contributed by atoms with van der Waals surface area (Å²) >= 11 is 0. The molecule has 2 atom stereocenters. The first-order valence-corrected chi connectivity index (χ1v) is 7.20. The first-order chi connectivity index (χ1) is 9.47. The number of hydrogen-bond donors (Lipinski definition) is 1. The summed E-state index contributed by atoms with van der Waals surface area (Å²) in [4.78, 5) is 13.8. The van der Waals surface area contributed by atoms with Crippen molar-refractivity contribution in [2.24, 2.45) is 0 Å². The molecule has 0 saturated carbocycles. The lowest BCUT2D eigenvalue weighted by Crippen LogP contribution is -2.37. The van der Waals surface area contributed by atoms with Crippen LogP contribution < -0.4 is 5.32 Å². The third-order valence-electron chi connectivity index (χ3n) is 3.62. The second-order valence-electron chi connectivity index (χ2n) is 5.82. The maximum absolute atomic E-state index is 12.2. The normalized spacial score (nSPS) is 26.1. The van der Waals surface area contributed by atoms with E-state index in [9.17, 15) is 4.79 Å². The van der Waals surface area contributed by atoms with Crippen LogP contribution in [0, 0.1) is 0 Å². The third kappa shape index (κ3) is 3.51. The standard InChI is InChI=1S/C16H24N2O2/c1-11-9-13(10-12(2)20-11)17-15-8-6-5-7-14(15)16(19)18(3)4/h5-8,11-13,17H,9-10H2,1-4H3.